The van der Waals surface area contributed by atoms with Crippen LogP contribution in [-0.2, 0) is 20.4 Å². The summed E-state index contributed by atoms with van der Waals surface area (Å²) in [5, 5.41) is 3.08. The average molecular weight is 412 g/mol. The quantitative estimate of drug-likeness (QED) is 0.781. The van der Waals surface area contributed by atoms with Gasteiger partial charge in [-0.25, -0.2) is 4.39 Å². The van der Waals surface area contributed by atoms with Crippen LogP contribution in [0.4, 0.5) is 4.39 Å². The zero-order valence-electron chi connectivity index (χ0n) is 16.7. The molecule has 2 aliphatic rings. The highest BCUT2D eigenvalue weighted by molar-refractivity contribution is 7.86. The molecule has 2 fully saturated rings. The lowest BCUT2D eigenvalue weighted by Gasteiger charge is -2.34. The van der Waals surface area contributed by atoms with Crippen molar-refractivity contribution in [2.75, 3.05) is 33.7 Å². The molecule has 1 heterocycles. The molecule has 1 N–H and O–H groups in total. The Morgan fingerprint density at radius 2 is 1.86 bits per heavy atom. The smallest absolute Gasteiger partial charge is 0.281 e. The summed E-state index contributed by atoms with van der Waals surface area (Å²) in [5.41, 5.74) is 0.903. The van der Waals surface area contributed by atoms with E-state index in [9.17, 15) is 17.6 Å². The molecule has 0 radical (unpaired) electrons. The third kappa shape index (κ3) is 4.39. The number of carbonyl (C=O) groups is 1. The van der Waals surface area contributed by atoms with Crippen molar-refractivity contribution in [3.63, 3.8) is 0 Å². The molecule has 1 aliphatic carbocycles. The minimum Gasteiger partial charge on any atom is -0.355 e. The second-order valence-electron chi connectivity index (χ2n) is 8.20. The van der Waals surface area contributed by atoms with Crippen LogP contribution in [0.5, 0.6) is 0 Å². The van der Waals surface area contributed by atoms with Crippen LogP contribution >= 0.6 is 0 Å². The average Bonchev–Trinajstić information content (AvgIpc) is 3.16. The van der Waals surface area contributed by atoms with E-state index in [1.165, 1.54) is 34.8 Å². The molecule has 8 heteroatoms. The Morgan fingerprint density at radius 3 is 2.46 bits per heavy atom. The summed E-state index contributed by atoms with van der Waals surface area (Å²) >= 11 is 0. The van der Waals surface area contributed by atoms with E-state index in [2.05, 4.69) is 5.32 Å². The van der Waals surface area contributed by atoms with E-state index in [-0.39, 0.29) is 29.6 Å². The molecule has 28 heavy (non-hydrogen) atoms. The zero-order chi connectivity index (χ0) is 20.4. The van der Waals surface area contributed by atoms with Gasteiger partial charge in [0.1, 0.15) is 5.82 Å². The van der Waals surface area contributed by atoms with E-state index in [0.29, 0.717) is 25.9 Å². The van der Waals surface area contributed by atoms with Crippen molar-refractivity contribution in [2.24, 2.45) is 5.92 Å². The number of halogens is 1. The van der Waals surface area contributed by atoms with Crippen molar-refractivity contribution < 1.29 is 17.6 Å². The van der Waals surface area contributed by atoms with Crippen LogP contribution in [0.2, 0.25) is 0 Å². The molecule has 0 spiro atoms. The fourth-order valence-electron chi connectivity index (χ4n) is 4.42. The first kappa shape index (κ1) is 21.2. The van der Waals surface area contributed by atoms with Crippen molar-refractivity contribution in [2.45, 2.75) is 43.9 Å². The van der Waals surface area contributed by atoms with Gasteiger partial charge in [-0.15, -0.1) is 0 Å². The summed E-state index contributed by atoms with van der Waals surface area (Å²) in [6.07, 6.45) is 5.47. The summed E-state index contributed by atoms with van der Waals surface area (Å²) in [7, 11) is -0.494. The van der Waals surface area contributed by atoms with E-state index >= 15 is 0 Å². The lowest BCUT2D eigenvalue weighted by atomic mass is 9.78. The molecule has 1 aliphatic heterocycles. The van der Waals surface area contributed by atoms with Crippen molar-refractivity contribution in [3.8, 4) is 0 Å². The number of carbonyl (C=O) groups excluding carboxylic acids is 1. The summed E-state index contributed by atoms with van der Waals surface area (Å²) in [6, 6.07) is 6.59. The zero-order valence-corrected chi connectivity index (χ0v) is 17.5. The van der Waals surface area contributed by atoms with Gasteiger partial charge in [-0.05, 0) is 43.4 Å². The first-order valence-corrected chi connectivity index (χ1v) is 11.4. The minimum absolute atomic E-state index is 0.0907. The van der Waals surface area contributed by atoms with Gasteiger partial charge in [0.05, 0.1) is 5.92 Å². The second-order valence-corrected chi connectivity index (χ2v) is 10.3. The highest BCUT2D eigenvalue weighted by Crippen LogP contribution is 2.40. The van der Waals surface area contributed by atoms with Gasteiger partial charge < -0.3 is 5.32 Å². The molecule has 0 aromatic heterocycles. The number of piperidine rings is 1. The normalized spacial score (nSPS) is 23.1. The molecular weight excluding hydrogens is 381 g/mol. The van der Waals surface area contributed by atoms with Crippen LogP contribution in [0.1, 0.15) is 44.1 Å². The molecule has 156 valence electrons. The number of amides is 1. The van der Waals surface area contributed by atoms with Crippen LogP contribution in [-0.4, -0.2) is 56.7 Å². The Hall–Kier alpha value is -1.51. The van der Waals surface area contributed by atoms with E-state index in [0.717, 1.165) is 31.2 Å². The van der Waals surface area contributed by atoms with Gasteiger partial charge in [-0.3, -0.25) is 4.79 Å². The monoisotopic (exact) mass is 411 g/mol. The summed E-state index contributed by atoms with van der Waals surface area (Å²) < 4.78 is 40.7. The molecule has 1 amide bonds. The van der Waals surface area contributed by atoms with Gasteiger partial charge >= 0.3 is 0 Å². The predicted octanol–water partition coefficient (Wildman–Crippen LogP) is 2.27. The Morgan fingerprint density at radius 1 is 1.21 bits per heavy atom. The summed E-state index contributed by atoms with van der Waals surface area (Å²) in [6.45, 7) is 1.17. The topological polar surface area (TPSA) is 69.7 Å². The minimum atomic E-state index is -3.50. The molecule has 6 nitrogen and oxygen atoms in total. The first-order chi connectivity index (χ1) is 13.2. The van der Waals surface area contributed by atoms with Crippen molar-refractivity contribution in [3.05, 3.63) is 35.6 Å². The number of hydrogen-bond donors (Lipinski definition) is 1. The van der Waals surface area contributed by atoms with E-state index in [4.69, 9.17) is 0 Å². The highest BCUT2D eigenvalue weighted by atomic mass is 32.2. The van der Waals surface area contributed by atoms with Crippen LogP contribution < -0.4 is 5.32 Å². The number of nitrogens with zero attached hydrogens (tertiary/aromatic N) is 2. The molecule has 1 aromatic carbocycles. The first-order valence-electron chi connectivity index (χ1n) is 9.96. The summed E-state index contributed by atoms with van der Waals surface area (Å²) in [5.74, 6) is -0.687. The molecule has 0 bridgehead atoms. The van der Waals surface area contributed by atoms with Crippen LogP contribution in [0, 0.1) is 11.7 Å². The van der Waals surface area contributed by atoms with Crippen LogP contribution in [0.15, 0.2) is 24.3 Å². The third-order valence-electron chi connectivity index (χ3n) is 6.16. The largest absolute Gasteiger partial charge is 0.355 e. The molecule has 1 saturated heterocycles. The fourth-order valence-corrected chi connectivity index (χ4v) is 5.61. The van der Waals surface area contributed by atoms with E-state index in [1.54, 1.807) is 0 Å². The number of rotatable bonds is 6. The van der Waals surface area contributed by atoms with Gasteiger partial charge in [-0.2, -0.15) is 17.0 Å². The molecule has 3 rings (SSSR count). The Balaban J connectivity index is 1.66. The van der Waals surface area contributed by atoms with Gasteiger partial charge in [0.25, 0.3) is 10.2 Å². The van der Waals surface area contributed by atoms with Gasteiger partial charge in [0, 0.05) is 39.1 Å². The molecule has 1 atom stereocenters. The van der Waals surface area contributed by atoms with Crippen LogP contribution in [0.3, 0.4) is 0 Å². The van der Waals surface area contributed by atoms with Crippen molar-refractivity contribution >= 4 is 16.1 Å². The molecule has 1 unspecified atom stereocenters. The van der Waals surface area contributed by atoms with Gasteiger partial charge in [-0.1, -0.05) is 25.0 Å². The van der Waals surface area contributed by atoms with Gasteiger partial charge in [0.15, 0.2) is 0 Å². The van der Waals surface area contributed by atoms with Crippen molar-refractivity contribution in [1.29, 1.82) is 0 Å². The lowest BCUT2D eigenvalue weighted by Crippen LogP contribution is -2.50. The van der Waals surface area contributed by atoms with Gasteiger partial charge in [0.2, 0.25) is 5.91 Å². The SMILES string of the molecule is CN(C)S(=O)(=O)N1CCCC(C(=O)NCC2(c3ccc(F)cc3)CCCC2)C1. The summed E-state index contributed by atoms with van der Waals surface area (Å²) in [4.78, 5) is 12.8. The standard InChI is InChI=1S/C20H30FN3O3S/c1-23(2)28(26,27)24-13-5-6-16(14-24)19(25)22-15-20(11-3-4-12-20)17-7-9-18(21)10-8-17/h7-10,16H,3-6,11-15H2,1-2H3,(H,22,25). The van der Waals surface area contributed by atoms with Crippen LogP contribution in [0.25, 0.3) is 0 Å². The number of nitrogens with one attached hydrogen (secondary N) is 1. The maximum Gasteiger partial charge on any atom is 0.281 e. The highest BCUT2D eigenvalue weighted by Gasteiger charge is 2.38. The fraction of sp³-hybridized carbons (Fsp3) is 0.650. The maximum atomic E-state index is 13.3. The number of benzene rings is 1. The lowest BCUT2D eigenvalue weighted by molar-refractivity contribution is -0.126. The second kappa shape index (κ2) is 8.47. The predicted molar refractivity (Wildman–Crippen MR) is 106 cm³/mol. The Labute approximate surface area is 167 Å². The molecular formula is C20H30FN3O3S. The third-order valence-corrected chi connectivity index (χ3v) is 8.07. The van der Waals surface area contributed by atoms with Crippen molar-refractivity contribution in [1.82, 2.24) is 13.9 Å². The van der Waals surface area contributed by atoms with E-state index < -0.39 is 10.2 Å². The Bertz CT molecular complexity index is 789. The maximum absolute atomic E-state index is 13.3. The molecule has 1 saturated carbocycles. The number of hydrogen-bond acceptors (Lipinski definition) is 3. The Kier molecular flexibility index (Phi) is 6.41. The van der Waals surface area contributed by atoms with E-state index in [1.807, 2.05) is 12.1 Å². The molecule has 1 aromatic rings.